The fourth-order valence-corrected chi connectivity index (χ4v) is 3.37. The van der Waals surface area contributed by atoms with Crippen molar-refractivity contribution in [3.05, 3.63) is 0 Å². The second kappa shape index (κ2) is 5.43. The van der Waals surface area contributed by atoms with Crippen LogP contribution in [0.2, 0.25) is 0 Å². The highest BCUT2D eigenvalue weighted by Crippen LogP contribution is 2.39. The first-order chi connectivity index (χ1) is 8.86. The van der Waals surface area contributed by atoms with Crippen LogP contribution in [0.5, 0.6) is 0 Å². The van der Waals surface area contributed by atoms with Crippen LogP contribution in [0.1, 0.15) is 59.8 Å². The Kier molecular flexibility index (Phi) is 4.24. The molecule has 1 unspecified atom stereocenters. The molecule has 2 fully saturated rings. The van der Waals surface area contributed by atoms with E-state index in [1.165, 1.54) is 0 Å². The number of carbonyl (C=O) groups excluding carboxylic acids is 1. The molecule has 0 aromatic heterocycles. The van der Waals surface area contributed by atoms with E-state index in [0.29, 0.717) is 11.3 Å². The summed E-state index contributed by atoms with van der Waals surface area (Å²) in [6, 6.07) is 0. The maximum Gasteiger partial charge on any atom is 0.313 e. The van der Waals surface area contributed by atoms with Crippen molar-refractivity contribution in [1.29, 1.82) is 0 Å². The number of hydrogen-bond donors (Lipinski definition) is 1. The van der Waals surface area contributed by atoms with E-state index < -0.39 is 0 Å². The van der Waals surface area contributed by atoms with Gasteiger partial charge < -0.3 is 10.1 Å². The first-order valence-electron chi connectivity index (χ1n) is 7.78. The number of hydrogen-bond acceptors (Lipinski definition) is 3. The molecule has 0 bridgehead atoms. The van der Waals surface area contributed by atoms with E-state index in [4.69, 9.17) is 4.74 Å². The maximum atomic E-state index is 12.6. The number of esters is 1. The number of rotatable bonds is 3. The molecule has 0 amide bonds. The van der Waals surface area contributed by atoms with Gasteiger partial charge in [-0.3, -0.25) is 4.79 Å². The molecule has 1 saturated carbocycles. The Bertz CT molecular complexity index is 320. The molecule has 3 nitrogen and oxygen atoms in total. The molecule has 1 heterocycles. The van der Waals surface area contributed by atoms with Gasteiger partial charge >= 0.3 is 5.97 Å². The maximum absolute atomic E-state index is 12.6. The highest BCUT2D eigenvalue weighted by atomic mass is 16.5. The second-order valence-electron chi connectivity index (χ2n) is 7.51. The van der Waals surface area contributed by atoms with Crippen LogP contribution in [0.25, 0.3) is 0 Å². The van der Waals surface area contributed by atoms with Crippen LogP contribution in [-0.2, 0) is 9.53 Å². The van der Waals surface area contributed by atoms with E-state index in [1.807, 2.05) is 0 Å². The topological polar surface area (TPSA) is 38.3 Å². The summed E-state index contributed by atoms with van der Waals surface area (Å²) in [5, 5.41) is 3.32. The van der Waals surface area contributed by atoms with E-state index in [2.05, 4.69) is 33.0 Å². The molecule has 2 rings (SSSR count). The molecule has 2 aliphatic rings. The molecule has 110 valence electrons. The third-order valence-corrected chi connectivity index (χ3v) is 5.26. The van der Waals surface area contributed by atoms with E-state index >= 15 is 0 Å². The van der Waals surface area contributed by atoms with Crippen LogP contribution in [0.3, 0.4) is 0 Å². The Hall–Kier alpha value is -0.570. The predicted octanol–water partition coefficient (Wildman–Crippen LogP) is 3.13. The van der Waals surface area contributed by atoms with Crippen molar-refractivity contribution in [1.82, 2.24) is 5.32 Å². The lowest BCUT2D eigenvalue weighted by molar-refractivity contribution is -0.165. The van der Waals surface area contributed by atoms with Crippen molar-refractivity contribution in [3.8, 4) is 0 Å². The third kappa shape index (κ3) is 3.13. The summed E-state index contributed by atoms with van der Waals surface area (Å²) in [7, 11) is 0. The second-order valence-corrected chi connectivity index (χ2v) is 7.51. The zero-order valence-corrected chi connectivity index (χ0v) is 12.9. The van der Waals surface area contributed by atoms with Gasteiger partial charge in [-0.1, -0.05) is 27.7 Å². The summed E-state index contributed by atoms with van der Waals surface area (Å²) in [6.07, 6.45) is 5.45. The normalized spacial score (nSPS) is 31.6. The number of carbonyl (C=O) groups is 1. The average Bonchev–Trinajstić information content (AvgIpc) is 2.82. The zero-order chi connectivity index (χ0) is 14.1. The lowest BCUT2D eigenvalue weighted by Crippen LogP contribution is -2.42. The minimum Gasteiger partial charge on any atom is -0.462 e. The average molecular weight is 267 g/mol. The molecular weight excluding hydrogens is 238 g/mol. The smallest absolute Gasteiger partial charge is 0.313 e. The highest BCUT2D eigenvalue weighted by molar-refractivity contribution is 5.78. The number of nitrogens with one attached hydrogen (secondary N) is 1. The Labute approximate surface area is 117 Å². The van der Waals surface area contributed by atoms with Crippen molar-refractivity contribution in [3.63, 3.8) is 0 Å². The molecule has 3 heteroatoms. The van der Waals surface area contributed by atoms with Gasteiger partial charge in [0.05, 0.1) is 5.41 Å². The molecular formula is C16H29NO2. The van der Waals surface area contributed by atoms with Crippen molar-refractivity contribution in [2.45, 2.75) is 65.9 Å². The fraction of sp³-hybridized carbons (Fsp3) is 0.938. The van der Waals surface area contributed by atoms with Gasteiger partial charge in [-0.05, 0) is 50.0 Å². The van der Waals surface area contributed by atoms with Gasteiger partial charge in [-0.15, -0.1) is 0 Å². The summed E-state index contributed by atoms with van der Waals surface area (Å²) < 4.78 is 5.85. The van der Waals surface area contributed by atoms with Crippen molar-refractivity contribution in [2.75, 3.05) is 13.1 Å². The van der Waals surface area contributed by atoms with Crippen LogP contribution in [0, 0.1) is 16.7 Å². The van der Waals surface area contributed by atoms with Crippen LogP contribution in [0.4, 0.5) is 0 Å². The van der Waals surface area contributed by atoms with Gasteiger partial charge in [0.15, 0.2) is 0 Å². The van der Waals surface area contributed by atoms with E-state index in [-0.39, 0.29) is 17.5 Å². The summed E-state index contributed by atoms with van der Waals surface area (Å²) in [5.41, 5.74) is 0.139. The molecule has 1 saturated heterocycles. The molecule has 1 aliphatic heterocycles. The monoisotopic (exact) mass is 267 g/mol. The van der Waals surface area contributed by atoms with Gasteiger partial charge in [0.1, 0.15) is 6.10 Å². The van der Waals surface area contributed by atoms with Gasteiger partial charge in [0, 0.05) is 6.54 Å². The third-order valence-electron chi connectivity index (χ3n) is 5.26. The summed E-state index contributed by atoms with van der Waals surface area (Å²) >= 11 is 0. The Morgan fingerprint density at radius 2 is 1.84 bits per heavy atom. The lowest BCUT2D eigenvalue weighted by atomic mass is 9.75. The van der Waals surface area contributed by atoms with Crippen molar-refractivity contribution < 1.29 is 9.53 Å². The van der Waals surface area contributed by atoms with E-state index in [1.54, 1.807) is 0 Å². The highest BCUT2D eigenvalue weighted by Gasteiger charge is 2.46. The molecule has 0 aromatic rings. The largest absolute Gasteiger partial charge is 0.462 e. The summed E-state index contributed by atoms with van der Waals surface area (Å²) in [6.45, 7) is 10.6. The fourth-order valence-electron chi connectivity index (χ4n) is 3.37. The summed E-state index contributed by atoms with van der Waals surface area (Å²) in [4.78, 5) is 12.6. The zero-order valence-electron chi connectivity index (χ0n) is 12.9. The van der Waals surface area contributed by atoms with Gasteiger partial charge in [-0.2, -0.15) is 0 Å². The first-order valence-corrected chi connectivity index (χ1v) is 7.78. The minimum absolute atomic E-state index is 0.0391. The molecule has 0 spiro atoms. The van der Waals surface area contributed by atoms with Crippen LogP contribution < -0.4 is 5.32 Å². The van der Waals surface area contributed by atoms with E-state index in [9.17, 15) is 4.79 Å². The molecule has 0 radical (unpaired) electrons. The van der Waals surface area contributed by atoms with Gasteiger partial charge in [-0.25, -0.2) is 0 Å². The standard InChI is InChI=1S/C16H29NO2/c1-12(2)16(9-10-17-11-16)14(18)19-13-5-7-15(3,4)8-6-13/h12-13,17H,5-11H2,1-4H3. The molecule has 1 aliphatic carbocycles. The van der Waals surface area contributed by atoms with Crippen LogP contribution >= 0.6 is 0 Å². The lowest BCUT2D eigenvalue weighted by Gasteiger charge is -2.37. The molecule has 19 heavy (non-hydrogen) atoms. The van der Waals surface area contributed by atoms with Crippen LogP contribution in [-0.4, -0.2) is 25.2 Å². The Morgan fingerprint density at radius 1 is 1.21 bits per heavy atom. The Morgan fingerprint density at radius 3 is 2.32 bits per heavy atom. The van der Waals surface area contributed by atoms with Crippen LogP contribution in [0.15, 0.2) is 0 Å². The van der Waals surface area contributed by atoms with Crippen molar-refractivity contribution >= 4 is 5.97 Å². The van der Waals surface area contributed by atoms with Gasteiger partial charge in [0.25, 0.3) is 0 Å². The summed E-state index contributed by atoms with van der Waals surface area (Å²) in [5.74, 6) is 0.382. The van der Waals surface area contributed by atoms with Crippen molar-refractivity contribution in [2.24, 2.45) is 16.7 Å². The first kappa shape index (κ1) is 14.8. The Balaban J connectivity index is 1.94. The molecule has 1 atom stereocenters. The molecule has 0 aromatic carbocycles. The predicted molar refractivity (Wildman–Crippen MR) is 76.9 cm³/mol. The number of ether oxygens (including phenoxy) is 1. The van der Waals surface area contributed by atoms with E-state index in [0.717, 1.165) is 45.2 Å². The van der Waals surface area contributed by atoms with Gasteiger partial charge in [0.2, 0.25) is 0 Å². The quantitative estimate of drug-likeness (QED) is 0.798. The minimum atomic E-state index is -0.285. The molecule has 1 N–H and O–H groups in total. The SMILES string of the molecule is CC(C)C1(C(=O)OC2CCC(C)(C)CC2)CCNC1.